The number of hydrogen-bond donors (Lipinski definition) is 2. The molecule has 29 heavy (non-hydrogen) atoms. The Hall–Kier alpha value is -1.49. The molecule has 2 saturated carbocycles. The molecule has 0 aliphatic heterocycles. The number of pyridine rings is 1. The third-order valence-corrected chi connectivity index (χ3v) is 6.94. The Morgan fingerprint density at radius 2 is 1.69 bits per heavy atom. The Kier molecular flexibility index (Phi) is 8.05. The number of halogens is 1. The van der Waals surface area contributed by atoms with Crippen LogP contribution in [0.15, 0.2) is 18.3 Å². The quantitative estimate of drug-likeness (QED) is 0.451. The van der Waals surface area contributed by atoms with Gasteiger partial charge in [-0.15, -0.1) is 0 Å². The number of rotatable bonds is 12. The lowest BCUT2D eigenvalue weighted by Crippen LogP contribution is -2.54. The van der Waals surface area contributed by atoms with Crippen LogP contribution in [-0.4, -0.2) is 28.5 Å². The molecule has 1 amide bonds. The molecule has 2 atom stereocenters. The summed E-state index contributed by atoms with van der Waals surface area (Å²) in [6.07, 6.45) is 18.4. The minimum atomic E-state index is -0.414. The van der Waals surface area contributed by atoms with E-state index >= 15 is 0 Å². The Balaban J connectivity index is 1.40. The van der Waals surface area contributed by atoms with E-state index in [1.807, 2.05) is 0 Å². The summed E-state index contributed by atoms with van der Waals surface area (Å²) >= 11 is 0. The van der Waals surface area contributed by atoms with E-state index < -0.39 is 5.82 Å². The van der Waals surface area contributed by atoms with Gasteiger partial charge in [-0.2, -0.15) is 0 Å². The van der Waals surface area contributed by atoms with Crippen molar-refractivity contribution in [2.75, 3.05) is 6.54 Å². The lowest BCUT2D eigenvalue weighted by Gasteiger charge is -2.40. The van der Waals surface area contributed by atoms with Crippen LogP contribution in [0.1, 0.15) is 107 Å². The molecule has 1 aromatic rings. The van der Waals surface area contributed by atoms with Crippen LogP contribution < -0.4 is 10.6 Å². The largest absolute Gasteiger partial charge is 0.345 e. The summed E-state index contributed by atoms with van der Waals surface area (Å²) in [7, 11) is 0. The van der Waals surface area contributed by atoms with Crippen LogP contribution in [-0.2, 0) is 0 Å². The minimum absolute atomic E-state index is 0.127. The number of fused-ring (bicyclic) bond motifs is 2. The maximum absolute atomic E-state index is 13.1. The molecule has 2 aliphatic carbocycles. The van der Waals surface area contributed by atoms with Crippen molar-refractivity contribution in [2.45, 2.75) is 108 Å². The predicted molar refractivity (Wildman–Crippen MR) is 115 cm³/mol. The molecule has 3 rings (SSSR count). The first kappa shape index (κ1) is 22.2. The maximum Gasteiger partial charge on any atom is 0.270 e. The van der Waals surface area contributed by atoms with Crippen molar-refractivity contribution in [3.8, 4) is 0 Å². The van der Waals surface area contributed by atoms with Crippen molar-refractivity contribution in [3.63, 3.8) is 0 Å². The smallest absolute Gasteiger partial charge is 0.270 e. The van der Waals surface area contributed by atoms with Gasteiger partial charge < -0.3 is 10.6 Å². The molecule has 1 heterocycles. The molecule has 162 valence electrons. The summed E-state index contributed by atoms with van der Waals surface area (Å²) in [6, 6.07) is 2.76. The summed E-state index contributed by atoms with van der Waals surface area (Å²) in [6.45, 7) is 3.34. The van der Waals surface area contributed by atoms with Crippen molar-refractivity contribution in [1.29, 1.82) is 0 Å². The molecule has 1 aromatic heterocycles. The predicted octanol–water partition coefficient (Wildman–Crippen LogP) is 5.53. The van der Waals surface area contributed by atoms with E-state index in [1.54, 1.807) is 0 Å². The molecule has 4 nitrogen and oxygen atoms in total. The number of nitrogens with one attached hydrogen (secondary N) is 2. The van der Waals surface area contributed by atoms with E-state index in [-0.39, 0.29) is 17.0 Å². The van der Waals surface area contributed by atoms with Crippen LogP contribution in [0, 0.1) is 5.82 Å². The third kappa shape index (κ3) is 6.24. The first-order valence-corrected chi connectivity index (χ1v) is 11.8. The Morgan fingerprint density at radius 1 is 1.00 bits per heavy atom. The lowest BCUT2D eigenvalue weighted by molar-refractivity contribution is 0.0864. The van der Waals surface area contributed by atoms with E-state index in [9.17, 15) is 9.18 Å². The maximum atomic E-state index is 13.1. The number of unbranched alkanes of at least 4 members (excludes halogenated alkanes) is 7. The lowest BCUT2D eigenvalue weighted by atomic mass is 9.78. The van der Waals surface area contributed by atoms with Gasteiger partial charge in [0.05, 0.1) is 6.20 Å². The Bertz CT molecular complexity index is 650. The summed E-state index contributed by atoms with van der Waals surface area (Å²) in [4.78, 5) is 16.6. The van der Waals surface area contributed by atoms with E-state index in [4.69, 9.17) is 0 Å². The average Bonchev–Trinajstić information content (AvgIpc) is 2.97. The number of amides is 1. The summed E-state index contributed by atoms with van der Waals surface area (Å²) < 4.78 is 13.1. The Morgan fingerprint density at radius 3 is 2.41 bits per heavy atom. The summed E-state index contributed by atoms with van der Waals surface area (Å²) in [5.41, 5.74) is 0.358. The molecule has 0 spiro atoms. The van der Waals surface area contributed by atoms with E-state index in [2.05, 4.69) is 22.5 Å². The fourth-order valence-corrected chi connectivity index (χ4v) is 5.33. The fourth-order valence-electron chi connectivity index (χ4n) is 5.33. The van der Waals surface area contributed by atoms with Crippen LogP contribution in [0.3, 0.4) is 0 Å². The van der Waals surface area contributed by atoms with Crippen LogP contribution in [0.2, 0.25) is 0 Å². The molecule has 2 aliphatic rings. The van der Waals surface area contributed by atoms with Crippen molar-refractivity contribution in [2.24, 2.45) is 0 Å². The SMILES string of the molecule is CCCCCCCCCCN[C@@]12CCC[C@@](NC(=O)c3ccc(F)cn3)(CC1)C2. The highest BCUT2D eigenvalue weighted by Gasteiger charge is 2.51. The summed E-state index contributed by atoms with van der Waals surface area (Å²) in [5, 5.41) is 7.12. The second-order valence-corrected chi connectivity index (χ2v) is 9.31. The highest BCUT2D eigenvalue weighted by molar-refractivity contribution is 5.92. The molecular weight excluding hydrogens is 365 g/mol. The molecule has 2 fully saturated rings. The van der Waals surface area contributed by atoms with Gasteiger partial charge in [0, 0.05) is 11.1 Å². The molecular formula is C24H38FN3O. The van der Waals surface area contributed by atoms with Gasteiger partial charge in [-0.05, 0) is 63.6 Å². The highest BCUT2D eigenvalue weighted by atomic mass is 19.1. The number of aromatic nitrogens is 1. The van der Waals surface area contributed by atoms with Crippen LogP contribution in [0.5, 0.6) is 0 Å². The van der Waals surface area contributed by atoms with Gasteiger partial charge in [0.1, 0.15) is 11.5 Å². The van der Waals surface area contributed by atoms with Crippen LogP contribution >= 0.6 is 0 Å². The van der Waals surface area contributed by atoms with Crippen LogP contribution in [0.25, 0.3) is 0 Å². The molecule has 0 aromatic carbocycles. The third-order valence-electron chi connectivity index (χ3n) is 6.94. The van der Waals surface area contributed by atoms with Gasteiger partial charge in [0.2, 0.25) is 0 Å². The number of carbonyl (C=O) groups excluding carboxylic acids is 1. The van der Waals surface area contributed by atoms with Gasteiger partial charge in [0.25, 0.3) is 5.91 Å². The topological polar surface area (TPSA) is 54.0 Å². The fraction of sp³-hybridized carbons (Fsp3) is 0.750. The van der Waals surface area contributed by atoms with Crippen LogP contribution in [0.4, 0.5) is 4.39 Å². The van der Waals surface area contributed by atoms with E-state index in [1.165, 1.54) is 69.9 Å². The second-order valence-electron chi connectivity index (χ2n) is 9.31. The molecule has 0 saturated heterocycles. The highest BCUT2D eigenvalue weighted by Crippen LogP contribution is 2.48. The number of nitrogens with zero attached hydrogens (tertiary/aromatic N) is 1. The van der Waals surface area contributed by atoms with Gasteiger partial charge in [0.15, 0.2) is 0 Å². The zero-order valence-electron chi connectivity index (χ0n) is 18.1. The summed E-state index contributed by atoms with van der Waals surface area (Å²) in [5.74, 6) is -0.590. The van der Waals surface area contributed by atoms with Crippen molar-refractivity contribution in [3.05, 3.63) is 29.8 Å². The normalized spacial score (nSPS) is 25.9. The van der Waals surface area contributed by atoms with Gasteiger partial charge in [-0.25, -0.2) is 9.37 Å². The standard InChI is InChI=1S/C24H38FN3O/c1-2-3-4-5-6-7-8-9-17-27-23-13-10-14-24(19-23,16-15-23)28-22(29)21-12-11-20(25)18-26-21/h11-12,18,27H,2-10,13-17,19H2,1H3,(H,28,29)/t23-,24+/m0/s1. The number of hydrogen-bond acceptors (Lipinski definition) is 3. The first-order chi connectivity index (χ1) is 14.1. The average molecular weight is 404 g/mol. The van der Waals surface area contributed by atoms with Gasteiger partial charge >= 0.3 is 0 Å². The van der Waals surface area contributed by atoms with Gasteiger partial charge in [-0.3, -0.25) is 4.79 Å². The molecule has 2 bridgehead atoms. The Labute approximate surface area is 175 Å². The minimum Gasteiger partial charge on any atom is -0.345 e. The van der Waals surface area contributed by atoms with Gasteiger partial charge in [-0.1, -0.05) is 51.9 Å². The first-order valence-electron chi connectivity index (χ1n) is 11.8. The molecule has 0 radical (unpaired) electrons. The van der Waals surface area contributed by atoms with E-state index in [0.29, 0.717) is 5.69 Å². The van der Waals surface area contributed by atoms with Crippen molar-refractivity contribution < 1.29 is 9.18 Å². The van der Waals surface area contributed by atoms with Crippen molar-refractivity contribution in [1.82, 2.24) is 15.6 Å². The molecule has 5 heteroatoms. The second kappa shape index (κ2) is 10.5. The molecule has 0 unspecified atom stereocenters. The van der Waals surface area contributed by atoms with Crippen molar-refractivity contribution >= 4 is 5.91 Å². The van der Waals surface area contributed by atoms with E-state index in [0.717, 1.165) is 44.8 Å². The monoisotopic (exact) mass is 403 g/mol. The zero-order valence-corrected chi connectivity index (χ0v) is 18.1. The number of carbonyl (C=O) groups is 1. The molecule has 2 N–H and O–H groups in total. The zero-order chi connectivity index (χ0) is 20.6.